The van der Waals surface area contributed by atoms with Crippen molar-refractivity contribution >= 4 is 16.9 Å². The summed E-state index contributed by atoms with van der Waals surface area (Å²) in [6.45, 7) is 4.12. The van der Waals surface area contributed by atoms with Gasteiger partial charge in [0.05, 0.1) is 18.5 Å². The lowest BCUT2D eigenvalue weighted by Crippen LogP contribution is -2.35. The van der Waals surface area contributed by atoms with Crippen LogP contribution in [0.25, 0.3) is 11.0 Å². The summed E-state index contributed by atoms with van der Waals surface area (Å²) in [6, 6.07) is 12.6. The Labute approximate surface area is 170 Å². The summed E-state index contributed by atoms with van der Waals surface area (Å²) >= 11 is 0. The average molecular weight is 394 g/mol. The Kier molecular flexibility index (Phi) is 6.03. The second-order valence-electron chi connectivity index (χ2n) is 7.36. The Morgan fingerprint density at radius 3 is 2.59 bits per heavy atom. The van der Waals surface area contributed by atoms with Crippen molar-refractivity contribution in [1.29, 1.82) is 0 Å². The maximum absolute atomic E-state index is 12.7. The van der Waals surface area contributed by atoms with Crippen LogP contribution in [0.5, 0.6) is 5.75 Å². The molecule has 1 aromatic heterocycles. The third-order valence-electron chi connectivity index (χ3n) is 4.96. The van der Waals surface area contributed by atoms with E-state index in [9.17, 15) is 9.59 Å². The largest absolute Gasteiger partial charge is 0.496 e. The van der Waals surface area contributed by atoms with Gasteiger partial charge in [0, 0.05) is 18.2 Å². The highest BCUT2D eigenvalue weighted by Crippen LogP contribution is 2.27. The third-order valence-corrected chi connectivity index (χ3v) is 4.96. The molecule has 0 aliphatic heterocycles. The van der Waals surface area contributed by atoms with Crippen LogP contribution < -0.4 is 15.5 Å². The lowest BCUT2D eigenvalue weighted by molar-refractivity contribution is 0.0914. The fraction of sp³-hybridized carbons (Fsp3) is 0.304. The molecule has 6 heteroatoms. The minimum absolute atomic E-state index is 0.00647. The molecule has 0 unspecified atom stereocenters. The van der Waals surface area contributed by atoms with E-state index in [1.54, 1.807) is 13.2 Å². The molecule has 1 N–H and O–H groups in total. The maximum Gasteiger partial charge on any atom is 0.287 e. The number of fused-ring (bicyclic) bond motifs is 1. The maximum atomic E-state index is 12.7. The first-order chi connectivity index (χ1) is 13.8. The van der Waals surface area contributed by atoms with Gasteiger partial charge in [-0.05, 0) is 51.2 Å². The van der Waals surface area contributed by atoms with E-state index in [1.807, 2.05) is 63.2 Å². The number of aryl methyl sites for hydroxylation is 2. The third kappa shape index (κ3) is 4.32. The molecule has 1 amide bonds. The highest BCUT2D eigenvalue weighted by Gasteiger charge is 2.21. The van der Waals surface area contributed by atoms with E-state index in [2.05, 4.69) is 5.32 Å². The number of hydrogen-bond donors (Lipinski definition) is 1. The number of nitrogens with zero attached hydrogens (tertiary/aromatic N) is 1. The van der Waals surface area contributed by atoms with Gasteiger partial charge in [0.1, 0.15) is 11.3 Å². The number of ether oxygens (including phenoxy) is 1. The number of hydrogen-bond acceptors (Lipinski definition) is 5. The van der Waals surface area contributed by atoms with Crippen molar-refractivity contribution in [2.24, 2.45) is 0 Å². The van der Waals surface area contributed by atoms with Crippen molar-refractivity contribution < 1.29 is 13.9 Å². The molecule has 152 valence electrons. The van der Waals surface area contributed by atoms with Crippen LogP contribution in [0.1, 0.15) is 33.3 Å². The van der Waals surface area contributed by atoms with E-state index in [1.165, 1.54) is 6.07 Å². The summed E-state index contributed by atoms with van der Waals surface area (Å²) in [7, 11) is 5.49. The molecule has 0 bridgehead atoms. The Hall–Kier alpha value is -3.12. The lowest BCUT2D eigenvalue weighted by atomic mass is 10.0. The summed E-state index contributed by atoms with van der Waals surface area (Å²) in [5.74, 6) is 0.335. The van der Waals surface area contributed by atoms with Crippen LogP contribution in [0.15, 0.2) is 51.7 Å². The molecule has 29 heavy (non-hydrogen) atoms. The molecule has 0 aliphatic rings. The SMILES string of the molecule is COc1ccccc1[C@H](CNC(=O)c1cc(=O)c2cc(C)cc(C)c2o1)N(C)C. The van der Waals surface area contributed by atoms with Gasteiger partial charge in [0.2, 0.25) is 0 Å². The van der Waals surface area contributed by atoms with Crippen molar-refractivity contribution in [1.82, 2.24) is 10.2 Å². The van der Waals surface area contributed by atoms with Crippen molar-refractivity contribution in [2.45, 2.75) is 19.9 Å². The summed E-state index contributed by atoms with van der Waals surface area (Å²) in [6.07, 6.45) is 0. The molecule has 1 atom stereocenters. The van der Waals surface area contributed by atoms with E-state index in [4.69, 9.17) is 9.15 Å². The topological polar surface area (TPSA) is 71.8 Å². The van der Waals surface area contributed by atoms with Gasteiger partial charge in [0.25, 0.3) is 5.91 Å². The Balaban J connectivity index is 1.87. The second kappa shape index (κ2) is 8.49. The van der Waals surface area contributed by atoms with Crippen LogP contribution in [0.3, 0.4) is 0 Å². The summed E-state index contributed by atoms with van der Waals surface area (Å²) < 4.78 is 11.2. The number of likely N-dealkylation sites (N-methyl/N-ethyl adjacent to an activating group) is 1. The molecule has 6 nitrogen and oxygen atoms in total. The van der Waals surface area contributed by atoms with E-state index >= 15 is 0 Å². The average Bonchev–Trinajstić information content (AvgIpc) is 2.68. The van der Waals surface area contributed by atoms with Gasteiger partial charge in [-0.2, -0.15) is 0 Å². The highest BCUT2D eigenvalue weighted by molar-refractivity contribution is 5.93. The number of nitrogens with one attached hydrogen (secondary N) is 1. The number of para-hydroxylation sites is 1. The number of rotatable bonds is 6. The minimum Gasteiger partial charge on any atom is -0.496 e. The van der Waals surface area contributed by atoms with Crippen LogP contribution >= 0.6 is 0 Å². The van der Waals surface area contributed by atoms with Crippen LogP contribution in [0.4, 0.5) is 0 Å². The zero-order valence-corrected chi connectivity index (χ0v) is 17.4. The number of carbonyl (C=O) groups excluding carboxylic acids is 1. The normalized spacial score (nSPS) is 12.2. The molecule has 0 spiro atoms. The number of benzene rings is 2. The molecule has 0 radical (unpaired) electrons. The predicted octanol–water partition coefficient (Wildman–Crippen LogP) is 3.45. The van der Waals surface area contributed by atoms with Crippen LogP contribution in [-0.2, 0) is 0 Å². The summed E-state index contributed by atoms with van der Waals surface area (Å²) in [5.41, 5.74) is 2.99. The van der Waals surface area contributed by atoms with E-state index in [-0.39, 0.29) is 17.2 Å². The van der Waals surface area contributed by atoms with E-state index < -0.39 is 5.91 Å². The van der Waals surface area contributed by atoms with Crippen molar-refractivity contribution in [2.75, 3.05) is 27.7 Å². The summed E-state index contributed by atoms with van der Waals surface area (Å²) in [4.78, 5) is 27.2. The smallest absolute Gasteiger partial charge is 0.287 e. The quantitative estimate of drug-likeness (QED) is 0.693. The monoisotopic (exact) mass is 394 g/mol. The number of carbonyl (C=O) groups is 1. The van der Waals surface area contributed by atoms with Crippen LogP contribution in [0.2, 0.25) is 0 Å². The zero-order valence-electron chi connectivity index (χ0n) is 17.4. The lowest BCUT2D eigenvalue weighted by Gasteiger charge is -2.26. The van der Waals surface area contributed by atoms with Crippen LogP contribution in [0, 0.1) is 13.8 Å². The molecule has 0 saturated heterocycles. The van der Waals surface area contributed by atoms with Gasteiger partial charge in [0.15, 0.2) is 11.2 Å². The van der Waals surface area contributed by atoms with Gasteiger partial charge in [-0.15, -0.1) is 0 Å². The molecule has 3 rings (SSSR count). The number of amides is 1. The van der Waals surface area contributed by atoms with Crippen molar-refractivity contribution in [3.05, 3.63) is 75.1 Å². The van der Waals surface area contributed by atoms with Gasteiger partial charge >= 0.3 is 0 Å². The fourth-order valence-electron chi connectivity index (χ4n) is 3.51. The minimum atomic E-state index is -0.425. The first-order valence-electron chi connectivity index (χ1n) is 9.44. The second-order valence-corrected chi connectivity index (χ2v) is 7.36. The Bertz CT molecular complexity index is 1100. The first-order valence-corrected chi connectivity index (χ1v) is 9.44. The van der Waals surface area contributed by atoms with E-state index in [0.717, 1.165) is 22.4 Å². The van der Waals surface area contributed by atoms with Gasteiger partial charge < -0.3 is 19.4 Å². The molecule has 0 fully saturated rings. The molecular formula is C23H26N2O4. The number of methoxy groups -OCH3 is 1. The van der Waals surface area contributed by atoms with Gasteiger partial charge in [-0.1, -0.05) is 24.3 Å². The van der Waals surface area contributed by atoms with Crippen molar-refractivity contribution in [3.63, 3.8) is 0 Å². The standard InChI is InChI=1S/C23H26N2O4/c1-14-10-15(2)22-17(11-14)19(26)12-21(29-22)23(27)24-13-18(25(3)4)16-8-6-7-9-20(16)28-5/h6-12,18H,13H2,1-5H3,(H,24,27)/t18-/m0/s1. The van der Waals surface area contributed by atoms with Crippen LogP contribution in [-0.4, -0.2) is 38.6 Å². The first kappa shape index (κ1) is 20.6. The molecule has 0 aliphatic carbocycles. The molecule has 1 heterocycles. The molecule has 2 aromatic carbocycles. The highest BCUT2D eigenvalue weighted by atomic mass is 16.5. The molecular weight excluding hydrogens is 368 g/mol. The fourth-order valence-corrected chi connectivity index (χ4v) is 3.51. The summed E-state index contributed by atoms with van der Waals surface area (Å²) in [5, 5.41) is 3.37. The zero-order chi connectivity index (χ0) is 21.1. The van der Waals surface area contributed by atoms with E-state index in [0.29, 0.717) is 17.5 Å². The Morgan fingerprint density at radius 2 is 1.90 bits per heavy atom. The molecule has 3 aromatic rings. The van der Waals surface area contributed by atoms with Gasteiger partial charge in [-0.25, -0.2) is 0 Å². The predicted molar refractivity (Wildman–Crippen MR) is 114 cm³/mol. The molecule has 0 saturated carbocycles. The van der Waals surface area contributed by atoms with Gasteiger partial charge in [-0.3, -0.25) is 9.59 Å². The Morgan fingerprint density at radius 1 is 1.17 bits per heavy atom. The van der Waals surface area contributed by atoms with Crippen molar-refractivity contribution in [3.8, 4) is 5.75 Å².